The van der Waals surface area contributed by atoms with Crippen LogP contribution in [0.25, 0.3) is 0 Å². The van der Waals surface area contributed by atoms with Gasteiger partial charge in [-0.15, -0.1) is 0 Å². The molecule has 2 N–H and O–H groups in total. The summed E-state index contributed by atoms with van der Waals surface area (Å²) in [6.07, 6.45) is 5.28. The topological polar surface area (TPSA) is 67.4 Å². The second-order valence-electron chi connectivity index (χ2n) is 7.02. The fourth-order valence-electron chi connectivity index (χ4n) is 3.40. The van der Waals surface area contributed by atoms with Gasteiger partial charge in [-0.3, -0.25) is 9.59 Å². The number of hydrogen-bond donors (Lipinski definition) is 2. The van der Waals surface area contributed by atoms with Gasteiger partial charge in [-0.05, 0) is 36.5 Å². The van der Waals surface area contributed by atoms with Crippen LogP contribution in [0.1, 0.15) is 50.5 Å². The summed E-state index contributed by atoms with van der Waals surface area (Å²) >= 11 is 0. The Balaban J connectivity index is 1.53. The molecule has 0 saturated heterocycles. The predicted octanol–water partition coefficient (Wildman–Crippen LogP) is 2.36. The molecule has 2 aliphatic carbocycles. The van der Waals surface area contributed by atoms with Crippen molar-refractivity contribution < 1.29 is 14.3 Å². The first-order valence-corrected chi connectivity index (χ1v) is 8.78. The van der Waals surface area contributed by atoms with Gasteiger partial charge in [-0.2, -0.15) is 0 Å². The average Bonchev–Trinajstić information content (AvgIpc) is 3.28. The van der Waals surface area contributed by atoms with Crippen LogP contribution >= 0.6 is 0 Å². The molecule has 1 aromatic rings. The molecule has 0 heterocycles. The summed E-state index contributed by atoms with van der Waals surface area (Å²) < 4.78 is 5.17. The lowest BCUT2D eigenvalue weighted by atomic mass is 9.80. The molecule has 0 spiro atoms. The molecule has 2 saturated carbocycles. The van der Waals surface area contributed by atoms with Gasteiger partial charge in [0, 0.05) is 18.9 Å². The Morgan fingerprint density at radius 1 is 1.25 bits per heavy atom. The lowest BCUT2D eigenvalue weighted by molar-refractivity contribution is -0.128. The highest BCUT2D eigenvalue weighted by Gasteiger charge is 2.41. The van der Waals surface area contributed by atoms with E-state index in [1.54, 1.807) is 7.11 Å². The molecule has 24 heavy (non-hydrogen) atoms. The Labute approximate surface area is 143 Å². The highest BCUT2D eigenvalue weighted by atomic mass is 16.5. The zero-order chi connectivity index (χ0) is 17.1. The number of hydrogen-bond acceptors (Lipinski definition) is 3. The van der Waals surface area contributed by atoms with Gasteiger partial charge in [0.25, 0.3) is 0 Å². The standard InChI is InChI=1S/C19H26N2O3/c1-12(22)20-18(10-13-4-3-5-13)19(23)21-17-11-16(17)14-6-8-15(24-2)9-7-14/h6-9,13,16-18H,3-5,10-11H2,1-2H3,(H,20,22)(H,21,23)/t16-,17+,18+/m0/s1. The number of nitrogens with one attached hydrogen (secondary N) is 2. The Kier molecular flexibility index (Phi) is 5.07. The minimum Gasteiger partial charge on any atom is -0.497 e. The van der Waals surface area contributed by atoms with E-state index in [-0.39, 0.29) is 17.9 Å². The highest BCUT2D eigenvalue weighted by Crippen LogP contribution is 2.41. The Morgan fingerprint density at radius 3 is 2.50 bits per heavy atom. The number of ether oxygens (including phenoxy) is 1. The van der Waals surface area contributed by atoms with E-state index in [2.05, 4.69) is 22.8 Å². The van der Waals surface area contributed by atoms with Crippen LogP contribution in [0.4, 0.5) is 0 Å². The number of amides is 2. The largest absolute Gasteiger partial charge is 0.497 e. The molecule has 5 heteroatoms. The van der Waals surface area contributed by atoms with Gasteiger partial charge < -0.3 is 15.4 Å². The third kappa shape index (κ3) is 4.08. The zero-order valence-electron chi connectivity index (χ0n) is 14.4. The Morgan fingerprint density at radius 2 is 1.96 bits per heavy atom. The normalized spacial score (nSPS) is 23.8. The lowest BCUT2D eigenvalue weighted by Crippen LogP contribution is -2.48. The molecule has 130 valence electrons. The smallest absolute Gasteiger partial charge is 0.242 e. The van der Waals surface area contributed by atoms with Crippen molar-refractivity contribution in [2.45, 2.75) is 57.0 Å². The molecule has 3 rings (SSSR count). The maximum atomic E-state index is 12.5. The summed E-state index contributed by atoms with van der Waals surface area (Å²) in [7, 11) is 1.65. The van der Waals surface area contributed by atoms with E-state index in [1.807, 2.05) is 12.1 Å². The van der Waals surface area contributed by atoms with Crippen LogP contribution in [-0.4, -0.2) is 31.0 Å². The van der Waals surface area contributed by atoms with E-state index in [4.69, 9.17) is 4.74 Å². The molecule has 2 amide bonds. The molecule has 5 nitrogen and oxygen atoms in total. The average molecular weight is 330 g/mol. The van der Waals surface area contributed by atoms with Crippen LogP contribution in [0.15, 0.2) is 24.3 Å². The molecule has 2 fully saturated rings. The number of rotatable bonds is 7. The van der Waals surface area contributed by atoms with E-state index in [9.17, 15) is 9.59 Å². The van der Waals surface area contributed by atoms with Crippen molar-refractivity contribution in [2.24, 2.45) is 5.92 Å². The summed E-state index contributed by atoms with van der Waals surface area (Å²) in [6, 6.07) is 7.77. The number of methoxy groups -OCH3 is 1. The summed E-state index contributed by atoms with van der Waals surface area (Å²) in [5, 5.41) is 5.92. The first-order chi connectivity index (χ1) is 11.6. The van der Waals surface area contributed by atoms with E-state index in [0.29, 0.717) is 11.8 Å². The predicted molar refractivity (Wildman–Crippen MR) is 91.8 cm³/mol. The fourth-order valence-corrected chi connectivity index (χ4v) is 3.40. The Hall–Kier alpha value is -2.04. The van der Waals surface area contributed by atoms with Gasteiger partial charge in [0.1, 0.15) is 11.8 Å². The molecule has 0 unspecified atom stereocenters. The van der Waals surface area contributed by atoms with Crippen molar-refractivity contribution in [1.82, 2.24) is 10.6 Å². The van der Waals surface area contributed by atoms with Gasteiger partial charge >= 0.3 is 0 Å². The summed E-state index contributed by atoms with van der Waals surface area (Å²) in [5.74, 6) is 1.59. The molecular formula is C19H26N2O3. The summed E-state index contributed by atoms with van der Waals surface area (Å²) in [4.78, 5) is 23.9. The van der Waals surface area contributed by atoms with E-state index < -0.39 is 6.04 Å². The monoisotopic (exact) mass is 330 g/mol. The van der Waals surface area contributed by atoms with Gasteiger partial charge in [-0.1, -0.05) is 31.4 Å². The number of benzene rings is 1. The van der Waals surface area contributed by atoms with Gasteiger partial charge in [0.15, 0.2) is 0 Å². The first kappa shape index (κ1) is 16.8. The summed E-state index contributed by atoms with van der Waals surface area (Å²) in [5.41, 5.74) is 1.22. The zero-order valence-corrected chi connectivity index (χ0v) is 14.4. The van der Waals surface area contributed by atoms with Crippen LogP contribution < -0.4 is 15.4 Å². The molecule has 1 aromatic carbocycles. The molecular weight excluding hydrogens is 304 g/mol. The van der Waals surface area contributed by atoms with Crippen molar-refractivity contribution in [3.05, 3.63) is 29.8 Å². The van der Waals surface area contributed by atoms with Crippen LogP contribution in [0.2, 0.25) is 0 Å². The van der Waals surface area contributed by atoms with Crippen molar-refractivity contribution in [2.75, 3.05) is 7.11 Å². The van der Waals surface area contributed by atoms with E-state index in [0.717, 1.165) is 18.6 Å². The lowest BCUT2D eigenvalue weighted by Gasteiger charge is -2.29. The third-order valence-electron chi connectivity index (χ3n) is 5.15. The minimum absolute atomic E-state index is 0.0434. The van der Waals surface area contributed by atoms with Gasteiger partial charge in [0.05, 0.1) is 7.11 Å². The van der Waals surface area contributed by atoms with Crippen LogP contribution in [-0.2, 0) is 9.59 Å². The molecule has 0 radical (unpaired) electrons. The maximum absolute atomic E-state index is 12.5. The Bertz CT molecular complexity index is 595. The number of carbonyl (C=O) groups excluding carboxylic acids is 2. The summed E-state index contributed by atoms with van der Waals surface area (Å²) in [6.45, 7) is 1.47. The van der Waals surface area contributed by atoms with Gasteiger partial charge in [0.2, 0.25) is 11.8 Å². The fraction of sp³-hybridized carbons (Fsp3) is 0.579. The SMILES string of the molecule is COc1ccc([C@@H]2C[C@H]2NC(=O)[C@@H](CC2CCC2)NC(C)=O)cc1. The molecule has 0 aliphatic heterocycles. The quantitative estimate of drug-likeness (QED) is 0.806. The van der Waals surface area contributed by atoms with Crippen molar-refractivity contribution >= 4 is 11.8 Å². The first-order valence-electron chi connectivity index (χ1n) is 8.78. The van der Waals surface area contributed by atoms with Crippen molar-refractivity contribution in [3.8, 4) is 5.75 Å². The second kappa shape index (κ2) is 7.24. The van der Waals surface area contributed by atoms with Crippen molar-refractivity contribution in [1.29, 1.82) is 0 Å². The third-order valence-corrected chi connectivity index (χ3v) is 5.15. The molecule has 0 aromatic heterocycles. The van der Waals surface area contributed by atoms with Crippen LogP contribution in [0.3, 0.4) is 0 Å². The van der Waals surface area contributed by atoms with E-state index in [1.165, 1.54) is 31.7 Å². The highest BCUT2D eigenvalue weighted by molar-refractivity contribution is 5.87. The molecule has 0 bridgehead atoms. The second-order valence-corrected chi connectivity index (χ2v) is 7.02. The number of carbonyl (C=O) groups is 2. The molecule has 3 atom stereocenters. The van der Waals surface area contributed by atoms with Gasteiger partial charge in [-0.25, -0.2) is 0 Å². The maximum Gasteiger partial charge on any atom is 0.242 e. The van der Waals surface area contributed by atoms with Crippen LogP contribution in [0.5, 0.6) is 5.75 Å². The van der Waals surface area contributed by atoms with E-state index >= 15 is 0 Å². The van der Waals surface area contributed by atoms with Crippen molar-refractivity contribution in [3.63, 3.8) is 0 Å². The minimum atomic E-state index is -0.398. The molecule has 2 aliphatic rings. The van der Waals surface area contributed by atoms with Crippen LogP contribution in [0, 0.1) is 5.92 Å².